The molecule has 1 saturated heterocycles. The second-order valence-electron chi connectivity index (χ2n) is 4.16. The SMILES string of the molecule is CC1(C)OC[C@H](CNc2ncncc2N)O1. The molecule has 0 aliphatic carbocycles. The van der Waals surface area contributed by atoms with Gasteiger partial charge in [-0.3, -0.25) is 0 Å². The number of nitrogens with two attached hydrogens (primary N) is 1. The van der Waals surface area contributed by atoms with Crippen LogP contribution in [0.4, 0.5) is 11.5 Å². The van der Waals surface area contributed by atoms with Crippen molar-refractivity contribution < 1.29 is 9.47 Å². The molecule has 2 rings (SSSR count). The molecule has 1 aromatic heterocycles. The normalized spacial score (nSPS) is 23.2. The van der Waals surface area contributed by atoms with E-state index in [1.807, 2.05) is 13.8 Å². The average Bonchev–Trinajstić information content (AvgIpc) is 2.57. The van der Waals surface area contributed by atoms with Crippen LogP contribution in [0.1, 0.15) is 13.8 Å². The van der Waals surface area contributed by atoms with Crippen molar-refractivity contribution >= 4 is 11.5 Å². The van der Waals surface area contributed by atoms with Crippen molar-refractivity contribution in [1.82, 2.24) is 9.97 Å². The molecule has 1 fully saturated rings. The lowest BCUT2D eigenvalue weighted by molar-refractivity contribution is -0.136. The first-order valence-electron chi connectivity index (χ1n) is 5.18. The Bertz CT molecular complexity index is 370. The third-order valence-corrected chi connectivity index (χ3v) is 2.31. The molecule has 6 heteroatoms. The summed E-state index contributed by atoms with van der Waals surface area (Å²) in [7, 11) is 0. The summed E-state index contributed by atoms with van der Waals surface area (Å²) < 4.78 is 11.1. The molecule has 0 amide bonds. The third kappa shape index (κ3) is 2.59. The van der Waals surface area contributed by atoms with E-state index < -0.39 is 5.79 Å². The highest BCUT2D eigenvalue weighted by molar-refractivity contribution is 5.58. The van der Waals surface area contributed by atoms with Crippen LogP contribution in [-0.2, 0) is 9.47 Å². The molecule has 0 saturated carbocycles. The molecule has 0 aromatic carbocycles. The largest absolute Gasteiger partial charge is 0.394 e. The van der Waals surface area contributed by atoms with Gasteiger partial charge in [-0.2, -0.15) is 0 Å². The smallest absolute Gasteiger partial charge is 0.163 e. The molecule has 1 aliphatic rings. The van der Waals surface area contributed by atoms with Gasteiger partial charge in [0.1, 0.15) is 12.4 Å². The Balaban J connectivity index is 1.87. The Kier molecular flexibility index (Phi) is 2.93. The Morgan fingerprint density at radius 1 is 1.62 bits per heavy atom. The first kappa shape index (κ1) is 11.1. The van der Waals surface area contributed by atoms with Gasteiger partial charge in [0.25, 0.3) is 0 Å². The molecular weight excluding hydrogens is 208 g/mol. The molecule has 6 nitrogen and oxygen atoms in total. The van der Waals surface area contributed by atoms with Crippen LogP contribution < -0.4 is 11.1 Å². The number of hydrogen-bond donors (Lipinski definition) is 2. The highest BCUT2D eigenvalue weighted by atomic mass is 16.7. The molecule has 0 spiro atoms. The highest BCUT2D eigenvalue weighted by Gasteiger charge is 2.32. The lowest BCUT2D eigenvalue weighted by Crippen LogP contribution is -2.26. The van der Waals surface area contributed by atoms with E-state index in [9.17, 15) is 0 Å². The molecule has 3 N–H and O–H groups in total. The first-order chi connectivity index (χ1) is 7.57. The second kappa shape index (κ2) is 4.23. The zero-order chi connectivity index (χ0) is 11.6. The summed E-state index contributed by atoms with van der Waals surface area (Å²) in [6.45, 7) is 4.98. The monoisotopic (exact) mass is 224 g/mol. The number of nitrogens with one attached hydrogen (secondary N) is 1. The van der Waals surface area contributed by atoms with E-state index in [0.29, 0.717) is 24.7 Å². The molecule has 0 bridgehead atoms. The number of anilines is 2. The van der Waals surface area contributed by atoms with Gasteiger partial charge in [0.05, 0.1) is 18.5 Å². The van der Waals surface area contributed by atoms with Crippen LogP contribution in [0.15, 0.2) is 12.5 Å². The van der Waals surface area contributed by atoms with Gasteiger partial charge in [0, 0.05) is 6.54 Å². The first-order valence-corrected chi connectivity index (χ1v) is 5.18. The van der Waals surface area contributed by atoms with Crippen LogP contribution in [-0.4, -0.2) is 35.0 Å². The van der Waals surface area contributed by atoms with E-state index in [0.717, 1.165) is 0 Å². The summed E-state index contributed by atoms with van der Waals surface area (Å²) in [6.07, 6.45) is 3.03. The Morgan fingerprint density at radius 2 is 2.44 bits per heavy atom. The fraction of sp³-hybridized carbons (Fsp3) is 0.600. The summed E-state index contributed by atoms with van der Waals surface area (Å²) >= 11 is 0. The molecule has 1 aliphatic heterocycles. The van der Waals surface area contributed by atoms with Gasteiger partial charge in [-0.05, 0) is 13.8 Å². The fourth-order valence-electron chi connectivity index (χ4n) is 1.56. The number of nitrogen functional groups attached to an aromatic ring is 1. The van der Waals surface area contributed by atoms with Crippen LogP contribution >= 0.6 is 0 Å². The summed E-state index contributed by atoms with van der Waals surface area (Å²) in [5, 5.41) is 3.11. The predicted molar refractivity (Wildman–Crippen MR) is 59.8 cm³/mol. The van der Waals surface area contributed by atoms with E-state index in [-0.39, 0.29) is 6.10 Å². The van der Waals surface area contributed by atoms with Crippen molar-refractivity contribution in [3.63, 3.8) is 0 Å². The molecule has 0 radical (unpaired) electrons. The Morgan fingerprint density at radius 3 is 3.06 bits per heavy atom. The minimum Gasteiger partial charge on any atom is -0.394 e. The minimum absolute atomic E-state index is 0.0179. The fourth-order valence-corrected chi connectivity index (χ4v) is 1.56. The minimum atomic E-state index is -0.496. The average molecular weight is 224 g/mol. The van der Waals surface area contributed by atoms with E-state index in [2.05, 4.69) is 15.3 Å². The highest BCUT2D eigenvalue weighted by Crippen LogP contribution is 2.22. The van der Waals surface area contributed by atoms with Crippen molar-refractivity contribution in [1.29, 1.82) is 0 Å². The van der Waals surface area contributed by atoms with Crippen LogP contribution in [0.25, 0.3) is 0 Å². The van der Waals surface area contributed by atoms with Crippen LogP contribution in [0.3, 0.4) is 0 Å². The predicted octanol–water partition coefficient (Wildman–Crippen LogP) is 0.622. The van der Waals surface area contributed by atoms with Crippen molar-refractivity contribution in [3.05, 3.63) is 12.5 Å². The van der Waals surface area contributed by atoms with E-state index >= 15 is 0 Å². The lowest BCUT2D eigenvalue weighted by Gasteiger charge is -2.17. The van der Waals surface area contributed by atoms with Crippen molar-refractivity contribution in [2.45, 2.75) is 25.7 Å². The van der Waals surface area contributed by atoms with Crippen LogP contribution in [0.5, 0.6) is 0 Å². The summed E-state index contributed by atoms with van der Waals surface area (Å²) in [5.41, 5.74) is 6.23. The van der Waals surface area contributed by atoms with Gasteiger partial charge in [0.15, 0.2) is 11.6 Å². The summed E-state index contributed by atoms with van der Waals surface area (Å²) in [6, 6.07) is 0. The molecule has 16 heavy (non-hydrogen) atoms. The van der Waals surface area contributed by atoms with E-state index in [4.69, 9.17) is 15.2 Å². The number of nitrogens with zero attached hydrogens (tertiary/aromatic N) is 2. The maximum atomic E-state index is 5.70. The van der Waals surface area contributed by atoms with Crippen molar-refractivity contribution in [2.24, 2.45) is 0 Å². The summed E-state index contributed by atoms with van der Waals surface area (Å²) in [4.78, 5) is 7.85. The van der Waals surface area contributed by atoms with Crippen molar-refractivity contribution in [2.75, 3.05) is 24.2 Å². The summed E-state index contributed by atoms with van der Waals surface area (Å²) in [5.74, 6) is 0.132. The van der Waals surface area contributed by atoms with Gasteiger partial charge in [-0.25, -0.2) is 9.97 Å². The van der Waals surface area contributed by atoms with Crippen LogP contribution in [0, 0.1) is 0 Å². The Hall–Kier alpha value is -1.40. The van der Waals surface area contributed by atoms with Gasteiger partial charge in [0.2, 0.25) is 0 Å². The molecule has 88 valence electrons. The zero-order valence-corrected chi connectivity index (χ0v) is 9.43. The van der Waals surface area contributed by atoms with E-state index in [1.165, 1.54) is 6.33 Å². The zero-order valence-electron chi connectivity index (χ0n) is 9.43. The molecule has 1 aromatic rings. The maximum absolute atomic E-state index is 5.70. The van der Waals surface area contributed by atoms with E-state index in [1.54, 1.807) is 6.20 Å². The molecular formula is C10H16N4O2. The quantitative estimate of drug-likeness (QED) is 0.783. The number of aromatic nitrogens is 2. The second-order valence-corrected chi connectivity index (χ2v) is 4.16. The van der Waals surface area contributed by atoms with Gasteiger partial charge in [-0.15, -0.1) is 0 Å². The van der Waals surface area contributed by atoms with Crippen molar-refractivity contribution in [3.8, 4) is 0 Å². The molecule has 2 heterocycles. The maximum Gasteiger partial charge on any atom is 0.163 e. The molecule has 0 unspecified atom stereocenters. The standard InChI is InChI=1S/C10H16N4O2/c1-10(2)15-5-7(16-10)3-13-9-8(11)4-12-6-14-9/h4,6-7H,3,5,11H2,1-2H3,(H,12,13,14)/t7-/m0/s1. The number of rotatable bonds is 3. The van der Waals surface area contributed by atoms with Crippen LogP contribution in [0.2, 0.25) is 0 Å². The topological polar surface area (TPSA) is 82.3 Å². The van der Waals surface area contributed by atoms with Gasteiger partial charge < -0.3 is 20.5 Å². The molecule has 1 atom stereocenters. The number of ether oxygens (including phenoxy) is 2. The lowest BCUT2D eigenvalue weighted by atomic mass is 10.3. The van der Waals surface area contributed by atoms with Gasteiger partial charge >= 0.3 is 0 Å². The third-order valence-electron chi connectivity index (χ3n) is 2.31. The Labute approximate surface area is 94.2 Å². The van der Waals surface area contributed by atoms with Gasteiger partial charge in [-0.1, -0.05) is 0 Å². The number of hydrogen-bond acceptors (Lipinski definition) is 6.